The van der Waals surface area contributed by atoms with E-state index in [0.29, 0.717) is 12.8 Å². The lowest BCUT2D eigenvalue weighted by Gasteiger charge is -2.22. The summed E-state index contributed by atoms with van der Waals surface area (Å²) in [5.74, 6) is -1.14. The molecular formula is C12H22N2O4. The highest BCUT2D eigenvalue weighted by atomic mass is 16.4. The van der Waals surface area contributed by atoms with Gasteiger partial charge in [0, 0.05) is 26.4 Å². The Labute approximate surface area is 107 Å². The van der Waals surface area contributed by atoms with Gasteiger partial charge in [-0.15, -0.1) is 0 Å². The molecule has 104 valence electrons. The number of unbranched alkanes of at least 4 members (excludes halogenated alkanes) is 1. The van der Waals surface area contributed by atoms with Crippen LogP contribution in [0.3, 0.4) is 0 Å². The Morgan fingerprint density at radius 1 is 1.11 bits per heavy atom. The minimum Gasteiger partial charge on any atom is -0.481 e. The third-order valence-corrected chi connectivity index (χ3v) is 2.61. The zero-order valence-electron chi connectivity index (χ0n) is 11.2. The Morgan fingerprint density at radius 3 is 2.17 bits per heavy atom. The van der Waals surface area contributed by atoms with Crippen LogP contribution in [0.2, 0.25) is 0 Å². The van der Waals surface area contributed by atoms with E-state index in [9.17, 15) is 14.4 Å². The SMILES string of the molecule is CNC(=O)C(C)(C)CNC(=O)CCCCC(=O)O. The van der Waals surface area contributed by atoms with Gasteiger partial charge in [-0.25, -0.2) is 0 Å². The predicted molar refractivity (Wildman–Crippen MR) is 67.0 cm³/mol. The lowest BCUT2D eigenvalue weighted by atomic mass is 9.92. The first-order valence-corrected chi connectivity index (χ1v) is 6.00. The van der Waals surface area contributed by atoms with Crippen molar-refractivity contribution < 1.29 is 19.5 Å². The predicted octanol–water partition coefficient (Wildman–Crippen LogP) is 0.520. The first-order chi connectivity index (χ1) is 8.29. The molecule has 0 spiro atoms. The van der Waals surface area contributed by atoms with Crippen LogP contribution in [-0.4, -0.2) is 36.5 Å². The molecule has 0 bridgehead atoms. The summed E-state index contributed by atoms with van der Waals surface area (Å²) in [5, 5.41) is 13.6. The number of carbonyl (C=O) groups excluding carboxylic acids is 2. The number of rotatable bonds is 8. The van der Waals surface area contributed by atoms with Crippen molar-refractivity contribution in [2.75, 3.05) is 13.6 Å². The van der Waals surface area contributed by atoms with Crippen molar-refractivity contribution in [3.8, 4) is 0 Å². The van der Waals surface area contributed by atoms with Gasteiger partial charge in [-0.3, -0.25) is 14.4 Å². The molecule has 0 saturated heterocycles. The first-order valence-electron chi connectivity index (χ1n) is 6.00. The number of hydrogen-bond donors (Lipinski definition) is 3. The molecule has 0 rings (SSSR count). The average molecular weight is 258 g/mol. The molecule has 2 amide bonds. The van der Waals surface area contributed by atoms with E-state index >= 15 is 0 Å². The molecule has 0 radical (unpaired) electrons. The van der Waals surface area contributed by atoms with E-state index in [2.05, 4.69) is 10.6 Å². The van der Waals surface area contributed by atoms with Crippen molar-refractivity contribution in [2.24, 2.45) is 5.41 Å². The Kier molecular flexibility index (Phi) is 7.00. The fraction of sp³-hybridized carbons (Fsp3) is 0.750. The lowest BCUT2D eigenvalue weighted by molar-refractivity contribution is -0.137. The number of nitrogens with one attached hydrogen (secondary N) is 2. The number of amides is 2. The molecule has 0 aliphatic rings. The molecule has 18 heavy (non-hydrogen) atoms. The van der Waals surface area contributed by atoms with Gasteiger partial charge < -0.3 is 15.7 Å². The standard InChI is InChI=1S/C12H22N2O4/c1-12(2,11(18)13-3)8-14-9(15)6-4-5-7-10(16)17/h4-8H2,1-3H3,(H,13,18)(H,14,15)(H,16,17). The van der Waals surface area contributed by atoms with Gasteiger partial charge in [0.2, 0.25) is 11.8 Å². The highest BCUT2D eigenvalue weighted by Crippen LogP contribution is 2.13. The van der Waals surface area contributed by atoms with E-state index in [1.807, 2.05) is 0 Å². The van der Waals surface area contributed by atoms with Gasteiger partial charge in [0.1, 0.15) is 0 Å². The molecule has 0 aliphatic carbocycles. The van der Waals surface area contributed by atoms with Crippen LogP contribution >= 0.6 is 0 Å². The quantitative estimate of drug-likeness (QED) is 0.553. The Bertz CT molecular complexity index is 313. The summed E-state index contributed by atoms with van der Waals surface area (Å²) in [6.07, 6.45) is 1.40. The van der Waals surface area contributed by atoms with Crippen molar-refractivity contribution in [1.29, 1.82) is 0 Å². The normalized spacial score (nSPS) is 10.8. The topological polar surface area (TPSA) is 95.5 Å². The zero-order valence-corrected chi connectivity index (χ0v) is 11.2. The molecule has 0 fully saturated rings. The maximum atomic E-state index is 11.5. The summed E-state index contributed by atoms with van der Waals surface area (Å²) < 4.78 is 0. The summed E-state index contributed by atoms with van der Waals surface area (Å²) in [6.45, 7) is 3.76. The average Bonchev–Trinajstić information content (AvgIpc) is 2.30. The van der Waals surface area contributed by atoms with Crippen LogP contribution in [0.4, 0.5) is 0 Å². The lowest BCUT2D eigenvalue weighted by Crippen LogP contribution is -2.43. The van der Waals surface area contributed by atoms with Crippen LogP contribution in [0, 0.1) is 5.41 Å². The van der Waals surface area contributed by atoms with Gasteiger partial charge in [-0.05, 0) is 26.7 Å². The maximum absolute atomic E-state index is 11.5. The second-order valence-electron chi connectivity index (χ2n) is 4.84. The number of carbonyl (C=O) groups is 3. The van der Waals surface area contributed by atoms with Gasteiger partial charge in [-0.2, -0.15) is 0 Å². The molecule has 0 aromatic rings. The maximum Gasteiger partial charge on any atom is 0.303 e. The van der Waals surface area contributed by atoms with Crippen LogP contribution in [0.1, 0.15) is 39.5 Å². The summed E-state index contributed by atoms with van der Waals surface area (Å²) in [7, 11) is 1.55. The number of aliphatic carboxylic acids is 1. The molecule has 3 N–H and O–H groups in total. The Balaban J connectivity index is 3.83. The number of carboxylic acid groups (broad SMARTS) is 1. The Hall–Kier alpha value is -1.59. The molecule has 0 saturated carbocycles. The van der Waals surface area contributed by atoms with Gasteiger partial charge >= 0.3 is 5.97 Å². The highest BCUT2D eigenvalue weighted by Gasteiger charge is 2.26. The smallest absolute Gasteiger partial charge is 0.303 e. The molecular weight excluding hydrogens is 236 g/mol. The van der Waals surface area contributed by atoms with Crippen molar-refractivity contribution in [2.45, 2.75) is 39.5 Å². The Morgan fingerprint density at radius 2 is 1.67 bits per heavy atom. The summed E-state index contributed by atoms with van der Waals surface area (Å²) >= 11 is 0. The van der Waals surface area contributed by atoms with E-state index in [1.165, 1.54) is 0 Å². The zero-order chi connectivity index (χ0) is 14.2. The largest absolute Gasteiger partial charge is 0.481 e. The number of carboxylic acids is 1. The van der Waals surface area contributed by atoms with Crippen molar-refractivity contribution in [3.63, 3.8) is 0 Å². The van der Waals surface area contributed by atoms with E-state index in [4.69, 9.17) is 5.11 Å². The number of hydrogen-bond acceptors (Lipinski definition) is 3. The summed E-state index contributed by atoms with van der Waals surface area (Å²) in [5.41, 5.74) is -0.647. The van der Waals surface area contributed by atoms with Crippen LogP contribution in [0.15, 0.2) is 0 Å². The van der Waals surface area contributed by atoms with Crippen LogP contribution < -0.4 is 10.6 Å². The second-order valence-corrected chi connectivity index (χ2v) is 4.84. The monoisotopic (exact) mass is 258 g/mol. The fourth-order valence-corrected chi connectivity index (χ4v) is 1.39. The third-order valence-electron chi connectivity index (χ3n) is 2.61. The highest BCUT2D eigenvalue weighted by molar-refractivity contribution is 5.83. The van der Waals surface area contributed by atoms with E-state index in [-0.39, 0.29) is 31.2 Å². The molecule has 0 aromatic heterocycles. The molecule has 0 aromatic carbocycles. The minimum atomic E-state index is -0.851. The molecule has 0 aliphatic heterocycles. The van der Waals surface area contributed by atoms with E-state index < -0.39 is 11.4 Å². The van der Waals surface area contributed by atoms with Gasteiger partial charge in [0.05, 0.1) is 5.41 Å². The van der Waals surface area contributed by atoms with E-state index in [1.54, 1.807) is 20.9 Å². The summed E-state index contributed by atoms with van der Waals surface area (Å²) in [4.78, 5) is 33.2. The van der Waals surface area contributed by atoms with Gasteiger partial charge in [-0.1, -0.05) is 0 Å². The fourth-order valence-electron chi connectivity index (χ4n) is 1.39. The van der Waals surface area contributed by atoms with Gasteiger partial charge in [0.15, 0.2) is 0 Å². The first kappa shape index (κ1) is 16.4. The molecule has 0 heterocycles. The minimum absolute atomic E-state index is 0.0804. The van der Waals surface area contributed by atoms with E-state index in [0.717, 1.165) is 0 Å². The molecule has 6 nitrogen and oxygen atoms in total. The van der Waals surface area contributed by atoms with Crippen molar-refractivity contribution >= 4 is 17.8 Å². The second kappa shape index (κ2) is 7.68. The molecule has 6 heteroatoms. The van der Waals surface area contributed by atoms with Gasteiger partial charge in [0.25, 0.3) is 0 Å². The van der Waals surface area contributed by atoms with Crippen molar-refractivity contribution in [1.82, 2.24) is 10.6 Å². The molecule has 0 unspecified atom stereocenters. The van der Waals surface area contributed by atoms with Crippen LogP contribution in [0.25, 0.3) is 0 Å². The van der Waals surface area contributed by atoms with Crippen LogP contribution in [0.5, 0.6) is 0 Å². The summed E-state index contributed by atoms with van der Waals surface area (Å²) in [6, 6.07) is 0. The van der Waals surface area contributed by atoms with Crippen LogP contribution in [-0.2, 0) is 14.4 Å². The van der Waals surface area contributed by atoms with Crippen molar-refractivity contribution in [3.05, 3.63) is 0 Å². The molecule has 0 atom stereocenters. The third kappa shape index (κ3) is 6.88.